The summed E-state index contributed by atoms with van der Waals surface area (Å²) in [6, 6.07) is 4.99. The fourth-order valence-electron chi connectivity index (χ4n) is 1.70. The first-order chi connectivity index (χ1) is 9.56. The monoisotopic (exact) mass is 300 g/mol. The number of nitrogens with one attached hydrogen (secondary N) is 1. The minimum atomic E-state index is -3.57. The maximum absolute atomic E-state index is 12.2. The summed E-state index contributed by atoms with van der Waals surface area (Å²) in [7, 11) is -1.13. The first-order valence-electron chi connectivity index (χ1n) is 5.58. The van der Waals surface area contributed by atoms with E-state index in [0.29, 0.717) is 16.6 Å². The van der Waals surface area contributed by atoms with E-state index in [9.17, 15) is 9.36 Å². The van der Waals surface area contributed by atoms with E-state index < -0.39 is 7.60 Å². The van der Waals surface area contributed by atoms with Crippen LogP contribution in [0.4, 0.5) is 0 Å². The Labute approximate surface area is 114 Å². The molecule has 2 aromatic rings. The second-order valence-electron chi connectivity index (χ2n) is 3.85. The van der Waals surface area contributed by atoms with Gasteiger partial charge in [0.1, 0.15) is 0 Å². The second kappa shape index (κ2) is 6.25. The average molecular weight is 300 g/mol. The van der Waals surface area contributed by atoms with Crippen molar-refractivity contribution in [2.24, 2.45) is 0 Å². The molecule has 9 heteroatoms. The Kier molecular flexibility index (Phi) is 4.64. The molecular formula is C11H13N2O6P. The van der Waals surface area contributed by atoms with Crippen LogP contribution in [0.2, 0.25) is 0 Å². The molecule has 0 unspecified atom stereocenters. The molecule has 20 heavy (non-hydrogen) atoms. The average Bonchev–Trinajstić information content (AvgIpc) is 2.39. The van der Waals surface area contributed by atoms with E-state index in [0.717, 1.165) is 0 Å². The van der Waals surface area contributed by atoms with Crippen LogP contribution >= 0.6 is 7.60 Å². The molecule has 0 spiro atoms. The Morgan fingerprint density at radius 1 is 1.25 bits per heavy atom. The topological polar surface area (TPSA) is 99.7 Å². The summed E-state index contributed by atoms with van der Waals surface area (Å²) in [5.74, 6) is 0. The molecule has 0 saturated heterocycles. The Morgan fingerprint density at radius 3 is 2.60 bits per heavy atom. The van der Waals surface area contributed by atoms with E-state index in [-0.39, 0.29) is 11.7 Å². The van der Waals surface area contributed by atoms with Crippen molar-refractivity contribution in [2.45, 2.75) is 6.16 Å². The maximum atomic E-state index is 12.2. The van der Waals surface area contributed by atoms with E-state index >= 15 is 0 Å². The maximum Gasteiger partial charge on any atom is 0.388 e. The van der Waals surface area contributed by atoms with Crippen LogP contribution in [0.15, 0.2) is 29.2 Å². The molecule has 0 radical (unpaired) electrons. The lowest BCUT2D eigenvalue weighted by Crippen LogP contribution is -2.05. The Morgan fingerprint density at radius 2 is 1.95 bits per heavy atom. The van der Waals surface area contributed by atoms with Crippen LogP contribution in [0.1, 0.15) is 5.56 Å². The van der Waals surface area contributed by atoms with Gasteiger partial charge < -0.3 is 4.98 Å². The fraction of sp³-hybridized carbons (Fsp3) is 0.273. The molecule has 1 aromatic carbocycles. The molecule has 1 N–H and O–H groups in total. The quantitative estimate of drug-likeness (QED) is 0.493. The smallest absolute Gasteiger partial charge is 0.319 e. The summed E-state index contributed by atoms with van der Waals surface area (Å²) in [6.45, 7) is 0. The summed E-state index contributed by atoms with van der Waals surface area (Å²) in [4.78, 5) is 26.6. The SMILES string of the molecule is COOP(=O)(Cc1ccc2[nH]c(=O)cnc2c1)OOC. The molecule has 0 atom stereocenters. The minimum absolute atomic E-state index is 0.0641. The summed E-state index contributed by atoms with van der Waals surface area (Å²) in [6.07, 6.45) is 1.11. The van der Waals surface area contributed by atoms with Crippen molar-refractivity contribution in [3.05, 3.63) is 40.3 Å². The molecule has 2 rings (SSSR count). The number of hydrogen-bond acceptors (Lipinski definition) is 7. The minimum Gasteiger partial charge on any atom is -0.319 e. The lowest BCUT2D eigenvalue weighted by Gasteiger charge is -2.13. The normalized spacial score (nSPS) is 11.9. The number of H-pyrrole nitrogens is 1. The summed E-state index contributed by atoms with van der Waals surface area (Å²) >= 11 is 0. The van der Waals surface area contributed by atoms with Crippen LogP contribution in [0.25, 0.3) is 11.0 Å². The number of benzene rings is 1. The molecule has 1 aromatic heterocycles. The van der Waals surface area contributed by atoms with Crippen molar-refractivity contribution < 1.29 is 23.7 Å². The number of aromatic nitrogens is 2. The van der Waals surface area contributed by atoms with Gasteiger partial charge in [-0.15, -0.1) is 9.35 Å². The van der Waals surface area contributed by atoms with E-state index in [1.165, 1.54) is 20.4 Å². The number of nitrogens with zero attached hydrogens (tertiary/aromatic N) is 1. The van der Waals surface area contributed by atoms with E-state index in [2.05, 4.69) is 29.1 Å². The molecule has 0 fully saturated rings. The summed E-state index contributed by atoms with van der Waals surface area (Å²) in [5.41, 5.74) is 1.48. The highest BCUT2D eigenvalue weighted by atomic mass is 31.2. The van der Waals surface area contributed by atoms with Crippen LogP contribution in [0.3, 0.4) is 0 Å². The van der Waals surface area contributed by atoms with Crippen molar-refractivity contribution in [1.82, 2.24) is 9.97 Å². The van der Waals surface area contributed by atoms with E-state index in [4.69, 9.17) is 0 Å². The predicted molar refractivity (Wildman–Crippen MR) is 69.9 cm³/mol. The molecule has 0 bridgehead atoms. The first kappa shape index (κ1) is 14.8. The van der Waals surface area contributed by atoms with E-state index in [1.807, 2.05) is 0 Å². The van der Waals surface area contributed by atoms with Gasteiger partial charge in [-0.05, 0) is 17.7 Å². The third-order valence-electron chi connectivity index (χ3n) is 2.39. The van der Waals surface area contributed by atoms with Gasteiger partial charge in [0.25, 0.3) is 5.56 Å². The predicted octanol–water partition coefficient (Wildman–Crippen LogP) is 1.77. The number of rotatable bonds is 6. The number of fused-ring (bicyclic) bond motifs is 1. The Balaban J connectivity index is 2.31. The van der Waals surface area contributed by atoms with Gasteiger partial charge in [0.15, 0.2) is 0 Å². The fourth-order valence-corrected chi connectivity index (χ4v) is 2.93. The molecule has 0 aliphatic carbocycles. The molecule has 0 aliphatic heterocycles. The van der Waals surface area contributed by atoms with Crippen molar-refractivity contribution in [1.29, 1.82) is 0 Å². The van der Waals surface area contributed by atoms with Gasteiger partial charge in [-0.25, -0.2) is 14.8 Å². The second-order valence-corrected chi connectivity index (χ2v) is 5.69. The summed E-state index contributed by atoms with van der Waals surface area (Å²) < 4.78 is 21.5. The third-order valence-corrected chi connectivity index (χ3v) is 3.90. The first-order valence-corrected chi connectivity index (χ1v) is 7.31. The molecule has 0 saturated carbocycles. The zero-order valence-corrected chi connectivity index (χ0v) is 11.8. The van der Waals surface area contributed by atoms with Gasteiger partial charge in [0, 0.05) is 0 Å². The van der Waals surface area contributed by atoms with Gasteiger partial charge >= 0.3 is 7.60 Å². The summed E-state index contributed by atoms with van der Waals surface area (Å²) in [5, 5.41) is 0. The number of hydrogen-bond donors (Lipinski definition) is 1. The van der Waals surface area contributed by atoms with Crippen LogP contribution in [-0.4, -0.2) is 24.2 Å². The van der Waals surface area contributed by atoms with Crippen LogP contribution < -0.4 is 5.56 Å². The standard InChI is InChI=1S/C11H13N2O6P/c1-16-18-20(15,19-17-2)7-8-3-4-9-10(5-8)12-6-11(14)13-9/h3-6H,7H2,1-2H3,(H,13,14). The lowest BCUT2D eigenvalue weighted by atomic mass is 10.2. The highest BCUT2D eigenvalue weighted by molar-refractivity contribution is 7.52. The van der Waals surface area contributed by atoms with E-state index in [1.54, 1.807) is 18.2 Å². The van der Waals surface area contributed by atoms with Crippen molar-refractivity contribution in [3.8, 4) is 0 Å². The zero-order valence-electron chi connectivity index (χ0n) is 10.9. The van der Waals surface area contributed by atoms with Crippen LogP contribution in [0, 0.1) is 0 Å². The van der Waals surface area contributed by atoms with Crippen molar-refractivity contribution in [3.63, 3.8) is 0 Å². The zero-order chi connectivity index (χ0) is 14.6. The molecule has 108 valence electrons. The van der Waals surface area contributed by atoms with Gasteiger partial charge in [0.05, 0.1) is 37.6 Å². The van der Waals surface area contributed by atoms with Crippen molar-refractivity contribution in [2.75, 3.05) is 14.2 Å². The molecule has 0 amide bonds. The largest absolute Gasteiger partial charge is 0.388 e. The highest BCUT2D eigenvalue weighted by Gasteiger charge is 2.28. The molecule has 8 nitrogen and oxygen atoms in total. The van der Waals surface area contributed by atoms with Crippen LogP contribution in [0.5, 0.6) is 0 Å². The van der Waals surface area contributed by atoms with Gasteiger partial charge in [0.2, 0.25) is 0 Å². The van der Waals surface area contributed by atoms with Crippen molar-refractivity contribution >= 4 is 18.6 Å². The molecule has 0 aliphatic rings. The molecular weight excluding hydrogens is 287 g/mol. The number of aromatic amines is 1. The van der Waals surface area contributed by atoms with Gasteiger partial charge in [-0.2, -0.15) is 0 Å². The van der Waals surface area contributed by atoms with Gasteiger partial charge in [-0.3, -0.25) is 9.36 Å². The van der Waals surface area contributed by atoms with Gasteiger partial charge in [-0.1, -0.05) is 6.07 Å². The Bertz CT molecular complexity index is 691. The molecule has 1 heterocycles. The van der Waals surface area contributed by atoms with Crippen LogP contribution in [-0.2, 0) is 29.9 Å². The Hall–Kier alpha value is -1.57. The lowest BCUT2D eigenvalue weighted by molar-refractivity contribution is -0.242. The highest BCUT2D eigenvalue weighted by Crippen LogP contribution is 2.51. The third kappa shape index (κ3) is 3.50.